The fourth-order valence-electron chi connectivity index (χ4n) is 5.28. The number of nitrogens with zero attached hydrogens (tertiary/aromatic N) is 2. The molecule has 4 aromatic rings. The minimum atomic E-state index is -0.463. The maximum Gasteiger partial charge on any atom is 0.410 e. The van der Waals surface area contributed by atoms with Gasteiger partial charge in [-0.2, -0.15) is 0 Å². The zero-order chi connectivity index (χ0) is 34.4. The van der Waals surface area contributed by atoms with E-state index < -0.39 is 5.60 Å². The van der Waals surface area contributed by atoms with Crippen LogP contribution >= 0.6 is 0 Å². The third-order valence-electron chi connectivity index (χ3n) is 7.45. The van der Waals surface area contributed by atoms with Crippen molar-refractivity contribution in [2.24, 2.45) is 13.0 Å². The lowest BCUT2D eigenvalue weighted by molar-refractivity contribution is 0.0181. The number of aryl methyl sites for hydroxylation is 2. The Morgan fingerprint density at radius 2 is 1.60 bits per heavy atom. The van der Waals surface area contributed by atoms with Crippen LogP contribution in [0.3, 0.4) is 0 Å². The van der Waals surface area contributed by atoms with E-state index in [0.717, 1.165) is 68.1 Å². The van der Waals surface area contributed by atoms with Crippen molar-refractivity contribution in [1.82, 2.24) is 14.5 Å². The van der Waals surface area contributed by atoms with Gasteiger partial charge in [-0.3, -0.25) is 4.79 Å². The van der Waals surface area contributed by atoms with E-state index in [0.29, 0.717) is 22.9 Å². The molecule has 9 nitrogen and oxygen atoms in total. The standard InChI is InChI=1S/C32H38N4O4.2C2H6.CH4O.CH4/c1-32(2,3)40-31(38)36-17-14-22(15-18-36)6-5-21-7-10-24(11-8-21)39-28-12-9-23(33)19-26(28)27-20-35(4)30(37)29-25(27)13-16-34-29;3*1-2;/h7-13,16,19-20,22,34H,5-6,14-15,17-18,33H2,1-4H3;2*1-2H3;2H,1H3;1H4. The summed E-state index contributed by atoms with van der Waals surface area (Å²) in [4.78, 5) is 29.7. The smallest absolute Gasteiger partial charge is 0.410 e. The second kappa shape index (κ2) is 19.4. The number of hydrogen-bond donors (Lipinski definition) is 3. The van der Waals surface area contributed by atoms with Crippen molar-refractivity contribution in [1.29, 1.82) is 0 Å². The molecule has 2 aromatic heterocycles. The number of aliphatic hydroxyl groups excluding tert-OH is 1. The van der Waals surface area contributed by atoms with Crippen LogP contribution in [0.2, 0.25) is 0 Å². The first-order valence-corrected chi connectivity index (χ1v) is 16.3. The van der Waals surface area contributed by atoms with Crippen LogP contribution in [0.15, 0.2) is 65.7 Å². The van der Waals surface area contributed by atoms with Crippen molar-refractivity contribution in [3.63, 3.8) is 0 Å². The molecule has 0 saturated carbocycles. The van der Waals surface area contributed by atoms with Crippen molar-refractivity contribution < 1.29 is 19.4 Å². The lowest BCUT2D eigenvalue weighted by Gasteiger charge is -2.33. The van der Waals surface area contributed by atoms with Crippen LogP contribution in [-0.2, 0) is 18.2 Å². The first-order chi connectivity index (χ1) is 22.1. The first-order valence-electron chi connectivity index (χ1n) is 16.3. The topological polar surface area (TPSA) is 123 Å². The summed E-state index contributed by atoms with van der Waals surface area (Å²) in [5, 5.41) is 7.82. The maximum atomic E-state index is 12.5. The largest absolute Gasteiger partial charge is 0.457 e. The molecule has 47 heavy (non-hydrogen) atoms. The lowest BCUT2D eigenvalue weighted by atomic mass is 9.90. The van der Waals surface area contributed by atoms with Gasteiger partial charge in [0, 0.05) is 61.8 Å². The van der Waals surface area contributed by atoms with E-state index in [-0.39, 0.29) is 19.1 Å². The Morgan fingerprint density at radius 1 is 0.979 bits per heavy atom. The summed E-state index contributed by atoms with van der Waals surface area (Å²) in [7, 11) is 2.74. The number of ether oxygens (including phenoxy) is 2. The molecule has 0 unspecified atom stereocenters. The summed E-state index contributed by atoms with van der Waals surface area (Å²) in [6.07, 6.45) is 7.45. The summed E-state index contributed by atoms with van der Waals surface area (Å²) >= 11 is 0. The van der Waals surface area contributed by atoms with E-state index >= 15 is 0 Å². The van der Waals surface area contributed by atoms with E-state index in [1.165, 1.54) is 5.56 Å². The molecule has 4 N–H and O–H groups in total. The Balaban J connectivity index is 0.00000149. The molecular weight excluding hydrogens is 592 g/mol. The minimum Gasteiger partial charge on any atom is -0.457 e. The van der Waals surface area contributed by atoms with Gasteiger partial charge in [0.05, 0.1) is 0 Å². The Kier molecular flexibility index (Phi) is 16.9. The van der Waals surface area contributed by atoms with Gasteiger partial charge >= 0.3 is 6.09 Å². The minimum absolute atomic E-state index is 0. The molecule has 260 valence electrons. The monoisotopic (exact) mass is 650 g/mol. The summed E-state index contributed by atoms with van der Waals surface area (Å²) < 4.78 is 13.4. The predicted molar refractivity (Wildman–Crippen MR) is 196 cm³/mol. The zero-order valence-corrected chi connectivity index (χ0v) is 29.1. The van der Waals surface area contributed by atoms with Crippen LogP contribution < -0.4 is 16.0 Å². The fourth-order valence-corrected chi connectivity index (χ4v) is 5.28. The van der Waals surface area contributed by atoms with Gasteiger partial charge in [-0.25, -0.2) is 4.79 Å². The zero-order valence-electron chi connectivity index (χ0n) is 29.1. The molecule has 1 aliphatic rings. The molecule has 1 amide bonds. The highest BCUT2D eigenvalue weighted by molar-refractivity contribution is 5.96. The number of carbonyl (C=O) groups is 1. The van der Waals surface area contributed by atoms with Crippen LogP contribution in [0.4, 0.5) is 10.5 Å². The summed E-state index contributed by atoms with van der Waals surface area (Å²) in [6.45, 7) is 15.2. The van der Waals surface area contributed by atoms with Crippen molar-refractivity contribution in [3.8, 4) is 22.6 Å². The Labute approximate surface area is 281 Å². The number of hydrogen-bond acceptors (Lipinski definition) is 6. The fraction of sp³-hybridized carbons (Fsp3) is 0.474. The number of carbonyl (C=O) groups excluding carboxylic acids is 1. The van der Waals surface area contributed by atoms with Gasteiger partial charge in [0.2, 0.25) is 0 Å². The number of nitrogens with two attached hydrogens (primary N) is 1. The molecule has 0 bridgehead atoms. The number of nitrogen functional groups attached to an aromatic ring is 1. The number of piperidine rings is 1. The number of aliphatic hydroxyl groups is 1. The second-order valence-corrected chi connectivity index (χ2v) is 11.7. The van der Waals surface area contributed by atoms with E-state index in [9.17, 15) is 9.59 Å². The maximum absolute atomic E-state index is 12.5. The highest BCUT2D eigenvalue weighted by atomic mass is 16.6. The van der Waals surface area contributed by atoms with Gasteiger partial charge in [-0.15, -0.1) is 0 Å². The van der Waals surface area contributed by atoms with Gasteiger partial charge in [-0.1, -0.05) is 47.3 Å². The van der Waals surface area contributed by atoms with Crippen LogP contribution in [0.5, 0.6) is 11.5 Å². The molecule has 0 atom stereocenters. The number of aromatic amines is 1. The van der Waals surface area contributed by atoms with Gasteiger partial charge < -0.3 is 34.8 Å². The van der Waals surface area contributed by atoms with E-state index in [1.807, 2.05) is 96.0 Å². The average Bonchev–Trinajstić information content (AvgIpc) is 3.56. The quantitative estimate of drug-likeness (QED) is 0.179. The Morgan fingerprint density at radius 3 is 2.19 bits per heavy atom. The van der Waals surface area contributed by atoms with E-state index in [2.05, 4.69) is 17.1 Å². The number of rotatable bonds is 6. The number of likely N-dealkylation sites (tertiary alicyclic amines) is 1. The molecule has 0 spiro atoms. The van der Waals surface area contributed by atoms with Crippen LogP contribution in [0, 0.1) is 5.92 Å². The second-order valence-electron chi connectivity index (χ2n) is 11.7. The Bertz CT molecular complexity index is 1560. The predicted octanol–water partition coefficient (Wildman–Crippen LogP) is 8.78. The third kappa shape index (κ3) is 11.2. The van der Waals surface area contributed by atoms with E-state index in [1.54, 1.807) is 17.8 Å². The third-order valence-corrected chi connectivity index (χ3v) is 7.45. The summed E-state index contributed by atoms with van der Waals surface area (Å²) in [6, 6.07) is 15.7. The number of benzene rings is 2. The lowest BCUT2D eigenvalue weighted by Crippen LogP contribution is -2.41. The van der Waals surface area contributed by atoms with Crippen molar-refractivity contribution in [2.45, 2.75) is 87.2 Å². The van der Waals surface area contributed by atoms with Crippen LogP contribution in [0.25, 0.3) is 22.0 Å². The van der Waals surface area contributed by atoms with Crippen molar-refractivity contribution >= 4 is 22.7 Å². The number of aromatic nitrogens is 2. The molecule has 9 heteroatoms. The van der Waals surface area contributed by atoms with E-state index in [4.69, 9.17) is 20.3 Å². The Hall–Kier alpha value is -4.24. The molecular formula is C38H58N4O5. The number of amides is 1. The van der Waals surface area contributed by atoms with Gasteiger partial charge in [0.15, 0.2) is 0 Å². The summed E-state index contributed by atoms with van der Waals surface area (Å²) in [5.41, 5.74) is 9.72. The van der Waals surface area contributed by atoms with Crippen LogP contribution in [-0.4, -0.2) is 51.5 Å². The molecule has 2 aromatic carbocycles. The number of H-pyrrole nitrogens is 1. The summed E-state index contributed by atoms with van der Waals surface area (Å²) in [5.74, 6) is 1.99. The molecule has 1 saturated heterocycles. The van der Waals surface area contributed by atoms with Gasteiger partial charge in [0.25, 0.3) is 5.56 Å². The molecule has 5 rings (SSSR count). The molecule has 3 heterocycles. The molecule has 0 radical (unpaired) electrons. The molecule has 0 aliphatic carbocycles. The number of nitrogens with one attached hydrogen (secondary N) is 1. The average molecular weight is 651 g/mol. The highest BCUT2D eigenvalue weighted by Gasteiger charge is 2.26. The number of pyridine rings is 1. The van der Waals surface area contributed by atoms with Gasteiger partial charge in [-0.05, 0) is 94.3 Å². The highest BCUT2D eigenvalue weighted by Crippen LogP contribution is 2.38. The first kappa shape index (κ1) is 40.8. The number of fused-ring (bicyclic) bond motifs is 1. The molecule has 1 aliphatic heterocycles. The molecule has 1 fully saturated rings. The van der Waals surface area contributed by atoms with Crippen molar-refractivity contribution in [3.05, 3.63) is 76.8 Å². The van der Waals surface area contributed by atoms with Crippen LogP contribution in [0.1, 0.15) is 80.7 Å². The van der Waals surface area contributed by atoms with Gasteiger partial charge in [0.1, 0.15) is 22.6 Å². The normalized spacial score (nSPS) is 12.7. The number of anilines is 1. The SMILES string of the molecule is C.CC.CC.CO.Cn1cc(-c2cc(N)ccc2Oc2ccc(CCC3CCN(C(=O)OC(C)(C)C)CC3)cc2)c2cc[nH]c2c1=O. The van der Waals surface area contributed by atoms with Crippen molar-refractivity contribution in [2.75, 3.05) is 25.9 Å².